The molecule has 4 nitrogen and oxygen atoms in total. The fourth-order valence-corrected chi connectivity index (χ4v) is 2.69. The van der Waals surface area contributed by atoms with Gasteiger partial charge in [0.25, 0.3) is 0 Å². The Kier molecular flexibility index (Phi) is 3.62. The molecule has 2 aromatic rings. The van der Waals surface area contributed by atoms with Crippen LogP contribution in [0.2, 0.25) is 0 Å². The van der Waals surface area contributed by atoms with E-state index in [2.05, 4.69) is 34.7 Å². The van der Waals surface area contributed by atoms with E-state index in [1.807, 2.05) is 12.3 Å². The van der Waals surface area contributed by atoms with Crippen molar-refractivity contribution in [2.45, 2.75) is 31.5 Å². The van der Waals surface area contributed by atoms with E-state index in [4.69, 9.17) is 0 Å². The fraction of sp³-hybridized carbons (Fsp3) is 0.400. The average molecular weight is 257 g/mol. The van der Waals surface area contributed by atoms with Crippen molar-refractivity contribution in [2.75, 3.05) is 6.54 Å². The fourth-order valence-electron chi connectivity index (χ4n) is 2.69. The number of nitrogens with one attached hydrogen (secondary N) is 1. The largest absolute Gasteiger partial charge is 0.390 e. The number of aliphatic hydroxyl groups is 1. The molecule has 4 heteroatoms. The number of aromatic nitrogens is 2. The third-order valence-corrected chi connectivity index (χ3v) is 3.65. The zero-order valence-electron chi connectivity index (χ0n) is 10.9. The smallest absolute Gasteiger partial charge is 0.0860 e. The first-order valence-corrected chi connectivity index (χ1v) is 6.77. The minimum absolute atomic E-state index is 0.399. The maximum Gasteiger partial charge on any atom is 0.0860 e. The Morgan fingerprint density at radius 3 is 2.63 bits per heavy atom. The molecule has 0 aliphatic heterocycles. The first-order valence-electron chi connectivity index (χ1n) is 6.77. The van der Waals surface area contributed by atoms with Crippen molar-refractivity contribution >= 4 is 0 Å². The molecule has 19 heavy (non-hydrogen) atoms. The van der Waals surface area contributed by atoms with Crippen molar-refractivity contribution in [3.05, 3.63) is 53.9 Å². The van der Waals surface area contributed by atoms with Gasteiger partial charge in [0.05, 0.1) is 12.6 Å². The molecule has 0 bridgehead atoms. The highest BCUT2D eigenvalue weighted by Crippen LogP contribution is 2.21. The summed E-state index contributed by atoms with van der Waals surface area (Å²) in [5.74, 6) is 0. The van der Waals surface area contributed by atoms with Crippen molar-refractivity contribution < 1.29 is 5.11 Å². The van der Waals surface area contributed by atoms with Crippen LogP contribution in [-0.4, -0.2) is 33.6 Å². The molecule has 1 aromatic heterocycles. The second-order valence-corrected chi connectivity index (χ2v) is 5.16. The summed E-state index contributed by atoms with van der Waals surface area (Å²) in [5.41, 5.74) is 2.86. The normalized spacial score (nSPS) is 16.5. The highest BCUT2D eigenvalue weighted by molar-refractivity contribution is 5.33. The predicted octanol–water partition coefficient (Wildman–Crippen LogP) is 1.00. The third kappa shape index (κ3) is 3.03. The van der Waals surface area contributed by atoms with E-state index < -0.39 is 6.10 Å². The number of rotatable bonds is 5. The van der Waals surface area contributed by atoms with Gasteiger partial charge in [-0.2, -0.15) is 5.10 Å². The van der Waals surface area contributed by atoms with Gasteiger partial charge in [0.15, 0.2) is 0 Å². The van der Waals surface area contributed by atoms with Crippen LogP contribution in [0.5, 0.6) is 0 Å². The summed E-state index contributed by atoms with van der Waals surface area (Å²) >= 11 is 0. The lowest BCUT2D eigenvalue weighted by Crippen LogP contribution is -2.37. The molecule has 1 atom stereocenters. The summed E-state index contributed by atoms with van der Waals surface area (Å²) in [4.78, 5) is 0. The van der Waals surface area contributed by atoms with Crippen molar-refractivity contribution in [1.82, 2.24) is 15.1 Å². The molecule has 0 amide bonds. The van der Waals surface area contributed by atoms with E-state index in [9.17, 15) is 5.11 Å². The number of benzene rings is 1. The Bertz CT molecular complexity index is 499. The highest BCUT2D eigenvalue weighted by Gasteiger charge is 2.20. The van der Waals surface area contributed by atoms with E-state index in [0.717, 1.165) is 12.8 Å². The van der Waals surface area contributed by atoms with Crippen LogP contribution in [0.4, 0.5) is 0 Å². The molecule has 1 aliphatic carbocycles. The molecule has 1 unspecified atom stereocenters. The zero-order valence-corrected chi connectivity index (χ0v) is 10.9. The molecule has 2 N–H and O–H groups in total. The summed E-state index contributed by atoms with van der Waals surface area (Å²) < 4.78 is 1.76. The van der Waals surface area contributed by atoms with Gasteiger partial charge in [-0.3, -0.25) is 4.68 Å². The molecule has 0 radical (unpaired) electrons. The number of nitrogens with zero attached hydrogens (tertiary/aromatic N) is 2. The lowest BCUT2D eigenvalue weighted by molar-refractivity contribution is 0.143. The minimum Gasteiger partial charge on any atom is -0.390 e. The van der Waals surface area contributed by atoms with Crippen LogP contribution in [0.3, 0.4) is 0 Å². The van der Waals surface area contributed by atoms with E-state index in [0.29, 0.717) is 19.1 Å². The molecule has 0 saturated heterocycles. The Hall–Kier alpha value is -1.65. The van der Waals surface area contributed by atoms with Crippen LogP contribution < -0.4 is 5.32 Å². The van der Waals surface area contributed by atoms with Crippen molar-refractivity contribution in [3.8, 4) is 0 Å². The summed E-state index contributed by atoms with van der Waals surface area (Å²) in [6.45, 7) is 1.15. The second-order valence-electron chi connectivity index (χ2n) is 5.16. The van der Waals surface area contributed by atoms with Gasteiger partial charge in [0.2, 0.25) is 0 Å². The van der Waals surface area contributed by atoms with Crippen LogP contribution in [0, 0.1) is 0 Å². The molecule has 100 valence electrons. The summed E-state index contributed by atoms with van der Waals surface area (Å²) in [5, 5.41) is 17.5. The molecule has 3 rings (SSSR count). The van der Waals surface area contributed by atoms with Gasteiger partial charge in [0.1, 0.15) is 0 Å². The average Bonchev–Trinajstić information content (AvgIpc) is 3.04. The van der Waals surface area contributed by atoms with Crippen molar-refractivity contribution in [3.63, 3.8) is 0 Å². The van der Waals surface area contributed by atoms with E-state index in [1.165, 1.54) is 11.1 Å². The zero-order chi connectivity index (χ0) is 13.1. The summed E-state index contributed by atoms with van der Waals surface area (Å²) in [7, 11) is 0. The summed E-state index contributed by atoms with van der Waals surface area (Å²) in [6.07, 6.45) is 5.32. The maximum absolute atomic E-state index is 9.97. The number of hydrogen-bond acceptors (Lipinski definition) is 3. The molecular formula is C15H19N3O. The van der Waals surface area contributed by atoms with Gasteiger partial charge < -0.3 is 10.4 Å². The standard InChI is InChI=1S/C15H19N3O/c19-15(11-18-7-3-6-17-18)10-16-14-8-12-4-1-2-5-13(12)9-14/h1-7,14-16,19H,8-11H2. The molecule has 1 aromatic carbocycles. The SMILES string of the molecule is OC(CNC1Cc2ccccc2C1)Cn1cccn1. The first-order chi connectivity index (χ1) is 9.31. The van der Waals surface area contributed by atoms with E-state index >= 15 is 0 Å². The second kappa shape index (κ2) is 5.55. The number of hydrogen-bond donors (Lipinski definition) is 2. The van der Waals surface area contributed by atoms with Gasteiger partial charge in [0, 0.05) is 25.0 Å². The van der Waals surface area contributed by atoms with Crippen molar-refractivity contribution in [1.29, 1.82) is 0 Å². The molecule has 0 saturated carbocycles. The van der Waals surface area contributed by atoms with Gasteiger partial charge in [-0.05, 0) is 30.0 Å². The van der Waals surface area contributed by atoms with E-state index in [-0.39, 0.29) is 0 Å². The maximum atomic E-state index is 9.97. The topological polar surface area (TPSA) is 50.1 Å². The van der Waals surface area contributed by atoms with Gasteiger partial charge in [-0.1, -0.05) is 24.3 Å². The Morgan fingerprint density at radius 1 is 1.26 bits per heavy atom. The van der Waals surface area contributed by atoms with Crippen LogP contribution >= 0.6 is 0 Å². The van der Waals surface area contributed by atoms with Crippen molar-refractivity contribution in [2.24, 2.45) is 0 Å². The lowest BCUT2D eigenvalue weighted by atomic mass is 10.1. The van der Waals surface area contributed by atoms with E-state index in [1.54, 1.807) is 10.9 Å². The highest BCUT2D eigenvalue weighted by atomic mass is 16.3. The van der Waals surface area contributed by atoms with Gasteiger partial charge in [-0.15, -0.1) is 0 Å². The Labute approximate surface area is 113 Å². The van der Waals surface area contributed by atoms with Gasteiger partial charge in [-0.25, -0.2) is 0 Å². The lowest BCUT2D eigenvalue weighted by Gasteiger charge is -2.16. The van der Waals surface area contributed by atoms with Crippen LogP contribution in [0.15, 0.2) is 42.7 Å². The quantitative estimate of drug-likeness (QED) is 0.840. The van der Waals surface area contributed by atoms with Gasteiger partial charge >= 0.3 is 0 Å². The number of fused-ring (bicyclic) bond motifs is 1. The molecule has 1 heterocycles. The Balaban J connectivity index is 1.46. The van der Waals surface area contributed by atoms with Crippen LogP contribution in [0.25, 0.3) is 0 Å². The third-order valence-electron chi connectivity index (χ3n) is 3.65. The van der Waals surface area contributed by atoms with Crippen LogP contribution in [-0.2, 0) is 19.4 Å². The van der Waals surface area contributed by atoms with Crippen LogP contribution in [0.1, 0.15) is 11.1 Å². The molecule has 0 spiro atoms. The molecule has 0 fully saturated rings. The monoisotopic (exact) mass is 257 g/mol. The summed E-state index contributed by atoms with van der Waals surface area (Å²) in [6, 6.07) is 10.9. The minimum atomic E-state index is -0.399. The Morgan fingerprint density at radius 2 is 2.00 bits per heavy atom. The number of aliphatic hydroxyl groups excluding tert-OH is 1. The molecule has 1 aliphatic rings. The predicted molar refractivity (Wildman–Crippen MR) is 73.9 cm³/mol. The molecular weight excluding hydrogens is 238 g/mol. The first kappa shape index (κ1) is 12.4.